The van der Waals surface area contributed by atoms with Crippen LogP contribution in [0.3, 0.4) is 0 Å². The summed E-state index contributed by atoms with van der Waals surface area (Å²) in [7, 11) is 0. The Morgan fingerprint density at radius 3 is 2.79 bits per heavy atom. The minimum absolute atomic E-state index is 0.0287. The van der Waals surface area contributed by atoms with Crippen molar-refractivity contribution in [3.63, 3.8) is 0 Å². The Morgan fingerprint density at radius 1 is 1.47 bits per heavy atom. The third-order valence-electron chi connectivity index (χ3n) is 3.28. The summed E-state index contributed by atoms with van der Waals surface area (Å²) < 4.78 is 0. The predicted molar refractivity (Wildman–Crippen MR) is 73.6 cm³/mol. The Balaban J connectivity index is 2.26. The van der Waals surface area contributed by atoms with Crippen LogP contribution in [-0.4, -0.2) is 33.3 Å². The van der Waals surface area contributed by atoms with Crippen molar-refractivity contribution >= 4 is 23.2 Å². The van der Waals surface area contributed by atoms with Crippen molar-refractivity contribution in [2.75, 3.05) is 0 Å². The molecule has 1 aromatic heterocycles. The Kier molecular flexibility index (Phi) is 3.89. The van der Waals surface area contributed by atoms with Gasteiger partial charge in [0.15, 0.2) is 0 Å². The minimum atomic E-state index is -0.827. The monoisotopic (exact) mass is 281 g/mol. The molecule has 0 saturated carbocycles. The number of hydrogen-bond acceptors (Lipinski definition) is 4. The summed E-state index contributed by atoms with van der Waals surface area (Å²) in [6.07, 6.45) is 3.30. The van der Waals surface area contributed by atoms with Crippen molar-refractivity contribution < 1.29 is 9.59 Å². The lowest BCUT2D eigenvalue weighted by Gasteiger charge is -2.42. The molecule has 1 atom stereocenters. The molecule has 1 fully saturated rings. The molecule has 1 aliphatic rings. The molecule has 0 aliphatic carbocycles. The van der Waals surface area contributed by atoms with Gasteiger partial charge in [-0.05, 0) is 20.3 Å². The van der Waals surface area contributed by atoms with Gasteiger partial charge in [0.2, 0.25) is 11.8 Å². The van der Waals surface area contributed by atoms with E-state index in [4.69, 9.17) is 0 Å². The molecular formula is C13H19N3O2S. The van der Waals surface area contributed by atoms with Gasteiger partial charge in [-0.25, -0.2) is 0 Å². The number of thiazole rings is 1. The number of rotatable bonds is 4. The molecule has 2 heterocycles. The molecule has 0 radical (unpaired) electrons. The normalized spacial score (nSPS) is 22.5. The third-order valence-corrected chi connectivity index (χ3v) is 4.05. The van der Waals surface area contributed by atoms with Crippen LogP contribution in [0.15, 0.2) is 11.7 Å². The Morgan fingerprint density at radius 2 is 2.21 bits per heavy atom. The van der Waals surface area contributed by atoms with E-state index in [0.29, 0.717) is 13.0 Å². The summed E-state index contributed by atoms with van der Waals surface area (Å²) in [5.41, 5.74) is 0.913. The number of aromatic nitrogens is 1. The Hall–Kier alpha value is -1.43. The first-order chi connectivity index (χ1) is 8.95. The highest BCUT2D eigenvalue weighted by Crippen LogP contribution is 2.24. The maximum absolute atomic E-state index is 12.5. The number of nitrogens with zero attached hydrogens (tertiary/aromatic N) is 2. The maximum Gasteiger partial charge on any atom is 0.248 e. The van der Waals surface area contributed by atoms with E-state index in [1.807, 2.05) is 6.92 Å². The number of carbonyl (C=O) groups is 2. The smallest absolute Gasteiger partial charge is 0.248 e. The van der Waals surface area contributed by atoms with Gasteiger partial charge in [-0.2, -0.15) is 0 Å². The standard InChI is InChI=1S/C13H19N3O2S/c1-4-5-10-11(17)15-13(2,3)12(18)16(10)7-9-6-14-8-19-9/h6,8,10H,4-5,7H2,1-3H3,(H,15,17). The van der Waals surface area contributed by atoms with E-state index in [0.717, 1.165) is 11.3 Å². The van der Waals surface area contributed by atoms with Crippen molar-refractivity contribution in [2.24, 2.45) is 0 Å². The van der Waals surface area contributed by atoms with Gasteiger partial charge in [0, 0.05) is 11.1 Å². The summed E-state index contributed by atoms with van der Waals surface area (Å²) in [5, 5.41) is 2.81. The van der Waals surface area contributed by atoms with E-state index < -0.39 is 5.54 Å². The highest BCUT2D eigenvalue weighted by molar-refractivity contribution is 7.09. The first-order valence-electron chi connectivity index (χ1n) is 6.46. The number of nitrogens with one attached hydrogen (secondary N) is 1. The SMILES string of the molecule is CCCC1C(=O)NC(C)(C)C(=O)N1Cc1cncs1. The molecule has 1 N–H and O–H groups in total. The van der Waals surface area contributed by atoms with E-state index in [-0.39, 0.29) is 17.9 Å². The molecule has 0 bridgehead atoms. The lowest BCUT2D eigenvalue weighted by Crippen LogP contribution is -2.67. The second kappa shape index (κ2) is 5.28. The summed E-state index contributed by atoms with van der Waals surface area (Å²) in [6.45, 7) is 5.97. The Labute approximate surface area is 117 Å². The first kappa shape index (κ1) is 14.0. The third kappa shape index (κ3) is 2.78. The van der Waals surface area contributed by atoms with Crippen LogP contribution in [0, 0.1) is 0 Å². The molecule has 1 saturated heterocycles. The molecule has 2 rings (SSSR count). The van der Waals surface area contributed by atoms with Gasteiger partial charge in [-0.1, -0.05) is 13.3 Å². The van der Waals surface area contributed by atoms with Crippen molar-refractivity contribution in [1.82, 2.24) is 15.2 Å². The fourth-order valence-electron chi connectivity index (χ4n) is 2.32. The van der Waals surface area contributed by atoms with E-state index in [1.165, 1.54) is 11.3 Å². The molecule has 1 aromatic rings. The van der Waals surface area contributed by atoms with Crippen LogP contribution < -0.4 is 5.32 Å². The average molecular weight is 281 g/mol. The lowest BCUT2D eigenvalue weighted by atomic mass is 9.95. The van der Waals surface area contributed by atoms with Gasteiger partial charge in [-0.15, -0.1) is 11.3 Å². The highest BCUT2D eigenvalue weighted by atomic mass is 32.1. The van der Waals surface area contributed by atoms with Gasteiger partial charge in [-0.3, -0.25) is 14.6 Å². The van der Waals surface area contributed by atoms with Crippen molar-refractivity contribution in [2.45, 2.75) is 51.7 Å². The second-order valence-electron chi connectivity index (χ2n) is 5.32. The molecular weight excluding hydrogens is 262 g/mol. The van der Waals surface area contributed by atoms with Gasteiger partial charge in [0.1, 0.15) is 11.6 Å². The van der Waals surface area contributed by atoms with Crippen molar-refractivity contribution in [1.29, 1.82) is 0 Å². The molecule has 2 amide bonds. The summed E-state index contributed by atoms with van der Waals surface area (Å²) in [5.74, 6) is -0.0880. The van der Waals surface area contributed by atoms with E-state index in [9.17, 15) is 9.59 Å². The number of hydrogen-bond donors (Lipinski definition) is 1. The first-order valence-corrected chi connectivity index (χ1v) is 7.34. The zero-order valence-electron chi connectivity index (χ0n) is 11.5. The topological polar surface area (TPSA) is 62.3 Å². The molecule has 1 aliphatic heterocycles. The van der Waals surface area contributed by atoms with Gasteiger partial charge < -0.3 is 10.2 Å². The Bertz CT molecular complexity index is 470. The van der Waals surface area contributed by atoms with Gasteiger partial charge >= 0.3 is 0 Å². The maximum atomic E-state index is 12.5. The fourth-order valence-corrected chi connectivity index (χ4v) is 2.91. The van der Waals surface area contributed by atoms with Crippen LogP contribution in [-0.2, 0) is 16.1 Å². The molecule has 0 aromatic carbocycles. The largest absolute Gasteiger partial charge is 0.340 e. The molecule has 0 spiro atoms. The molecule has 104 valence electrons. The van der Waals surface area contributed by atoms with Crippen molar-refractivity contribution in [3.8, 4) is 0 Å². The van der Waals surface area contributed by atoms with Crippen LogP contribution in [0.1, 0.15) is 38.5 Å². The van der Waals surface area contributed by atoms with E-state index in [1.54, 1.807) is 30.5 Å². The number of amides is 2. The van der Waals surface area contributed by atoms with Gasteiger partial charge in [0.25, 0.3) is 0 Å². The number of carbonyl (C=O) groups excluding carboxylic acids is 2. The lowest BCUT2D eigenvalue weighted by molar-refractivity contribution is -0.154. The van der Waals surface area contributed by atoms with Crippen LogP contribution in [0.25, 0.3) is 0 Å². The van der Waals surface area contributed by atoms with Crippen LogP contribution in [0.2, 0.25) is 0 Å². The van der Waals surface area contributed by atoms with Crippen molar-refractivity contribution in [3.05, 3.63) is 16.6 Å². The quantitative estimate of drug-likeness (QED) is 0.911. The highest BCUT2D eigenvalue weighted by Gasteiger charge is 2.44. The molecule has 5 nitrogen and oxygen atoms in total. The number of piperazine rings is 1. The molecule has 1 unspecified atom stereocenters. The second-order valence-corrected chi connectivity index (χ2v) is 6.29. The zero-order chi connectivity index (χ0) is 14.0. The summed E-state index contributed by atoms with van der Waals surface area (Å²) >= 11 is 1.50. The predicted octanol–water partition coefficient (Wildman–Crippen LogP) is 1.55. The molecule has 19 heavy (non-hydrogen) atoms. The van der Waals surface area contributed by atoms with Crippen LogP contribution >= 0.6 is 11.3 Å². The summed E-state index contributed by atoms with van der Waals surface area (Å²) in [6, 6.07) is -0.368. The van der Waals surface area contributed by atoms with Crippen LogP contribution in [0.5, 0.6) is 0 Å². The average Bonchev–Trinajstić information content (AvgIpc) is 2.83. The molecule has 6 heteroatoms. The summed E-state index contributed by atoms with van der Waals surface area (Å²) in [4.78, 5) is 31.4. The zero-order valence-corrected chi connectivity index (χ0v) is 12.3. The van der Waals surface area contributed by atoms with E-state index in [2.05, 4.69) is 10.3 Å². The van der Waals surface area contributed by atoms with Gasteiger partial charge in [0.05, 0.1) is 12.1 Å². The fraction of sp³-hybridized carbons (Fsp3) is 0.615. The van der Waals surface area contributed by atoms with E-state index >= 15 is 0 Å². The minimum Gasteiger partial charge on any atom is -0.340 e. The van der Waals surface area contributed by atoms with Crippen LogP contribution in [0.4, 0.5) is 0 Å².